The molecule has 27 heavy (non-hydrogen) atoms. The zero-order valence-corrected chi connectivity index (χ0v) is 14.1. The first kappa shape index (κ1) is 21.2. The van der Waals surface area contributed by atoms with Crippen LogP contribution in [0.1, 0.15) is 11.4 Å². The van der Waals surface area contributed by atoms with Crippen LogP contribution in [0.2, 0.25) is 0 Å². The normalized spacial score (nSPS) is 13.9. The van der Waals surface area contributed by atoms with Gasteiger partial charge in [-0.1, -0.05) is 0 Å². The Morgan fingerprint density at radius 1 is 1.00 bits per heavy atom. The molecule has 14 heteroatoms. The Labute approximate surface area is 149 Å². The van der Waals surface area contributed by atoms with Gasteiger partial charge in [0, 0.05) is 25.3 Å². The molecule has 0 unspecified atom stereocenters. The lowest BCUT2D eigenvalue weighted by atomic mass is 9.60. The van der Waals surface area contributed by atoms with Crippen molar-refractivity contribution in [3.8, 4) is 0 Å². The Morgan fingerprint density at radius 2 is 1.41 bits per heavy atom. The highest BCUT2D eigenvalue weighted by molar-refractivity contribution is 6.78. The average Bonchev–Trinajstić information content (AvgIpc) is 3.11. The van der Waals surface area contributed by atoms with E-state index in [1.807, 2.05) is 0 Å². The third-order valence-corrected chi connectivity index (χ3v) is 3.62. The molecule has 2 rings (SSSR count). The van der Waals surface area contributed by atoms with Gasteiger partial charge in [0.15, 0.2) is 11.4 Å². The highest BCUT2D eigenvalue weighted by Gasteiger charge is 2.40. The second-order valence-electron chi connectivity index (χ2n) is 5.70. The molecule has 150 valence electrons. The molecular weight excluding hydrogens is 385 g/mol. The van der Waals surface area contributed by atoms with Gasteiger partial charge in [-0.05, 0) is 12.1 Å². The minimum absolute atomic E-state index is 0.204. The van der Waals surface area contributed by atoms with Crippen molar-refractivity contribution in [3.05, 3.63) is 23.5 Å². The van der Waals surface area contributed by atoms with Crippen LogP contribution < -0.4 is 11.2 Å². The number of halogens is 6. The van der Waals surface area contributed by atoms with Crippen LogP contribution in [0.15, 0.2) is 12.1 Å². The smallest absolute Gasteiger partial charge is 0.422 e. The number of nitrogens with zero attached hydrogens (tertiary/aromatic N) is 4. The van der Waals surface area contributed by atoms with Gasteiger partial charge in [-0.15, -0.1) is 0 Å². The van der Waals surface area contributed by atoms with Crippen molar-refractivity contribution in [2.24, 2.45) is 14.1 Å². The first-order valence-corrected chi connectivity index (χ1v) is 7.47. The van der Waals surface area contributed by atoms with E-state index in [0.717, 1.165) is 9.36 Å². The molecule has 0 aliphatic carbocycles. The summed E-state index contributed by atoms with van der Waals surface area (Å²) in [6.07, 6.45) is -10.9. The predicted octanol–water partition coefficient (Wildman–Crippen LogP) is -0.333. The van der Waals surface area contributed by atoms with E-state index in [1.54, 1.807) is 0 Å². The molecule has 0 spiro atoms. The third-order valence-electron chi connectivity index (χ3n) is 3.62. The van der Waals surface area contributed by atoms with Crippen LogP contribution in [0.3, 0.4) is 0 Å². The number of aliphatic hydroxyl groups is 2. The highest BCUT2D eigenvalue weighted by Crippen LogP contribution is 2.28. The number of rotatable bonds is 6. The Kier molecular flexibility index (Phi) is 5.92. The summed E-state index contributed by atoms with van der Waals surface area (Å²) < 4.78 is 84.3. The van der Waals surface area contributed by atoms with Gasteiger partial charge in [-0.25, -0.2) is 0 Å². The van der Waals surface area contributed by atoms with Crippen molar-refractivity contribution in [3.63, 3.8) is 0 Å². The van der Waals surface area contributed by atoms with Gasteiger partial charge in [-0.2, -0.15) is 36.5 Å². The molecule has 0 saturated heterocycles. The lowest BCUT2D eigenvalue weighted by Gasteiger charge is -2.17. The van der Waals surface area contributed by atoms with Crippen LogP contribution in [-0.4, -0.2) is 56.0 Å². The van der Waals surface area contributed by atoms with Gasteiger partial charge < -0.3 is 14.9 Å². The van der Waals surface area contributed by atoms with Gasteiger partial charge in [0.1, 0.15) is 0 Å². The van der Waals surface area contributed by atoms with Crippen molar-refractivity contribution in [2.45, 2.75) is 18.5 Å². The summed E-state index contributed by atoms with van der Waals surface area (Å²) in [7, 11) is 2.34. The number of aryl methyl sites for hydroxylation is 2. The first-order valence-electron chi connectivity index (χ1n) is 7.47. The molecule has 0 bridgehead atoms. The Balaban J connectivity index is 2.50. The first-order chi connectivity index (χ1) is 12.3. The molecule has 7 nitrogen and oxygen atoms in total. The minimum atomic E-state index is -4.77. The fraction of sp³-hybridized carbons (Fsp3) is 0.538. The molecule has 0 radical (unpaired) electrons. The molecule has 0 aromatic carbocycles. The van der Waals surface area contributed by atoms with Crippen molar-refractivity contribution >= 4 is 18.1 Å². The van der Waals surface area contributed by atoms with Crippen molar-refractivity contribution in [1.82, 2.24) is 19.6 Å². The van der Waals surface area contributed by atoms with E-state index in [4.69, 9.17) is 9.76 Å². The Hall–Kier alpha value is -2.06. The van der Waals surface area contributed by atoms with Gasteiger partial charge in [0.25, 0.3) is 0 Å². The molecule has 0 aliphatic rings. The minimum Gasteiger partial charge on any atom is -0.422 e. The quantitative estimate of drug-likeness (QED) is 0.513. The largest absolute Gasteiger partial charge is 0.435 e. The second kappa shape index (κ2) is 7.52. The summed E-state index contributed by atoms with van der Waals surface area (Å²) in [6.45, 7) is -2.70. The molecule has 0 fully saturated rings. The van der Waals surface area contributed by atoms with E-state index in [2.05, 4.69) is 10.2 Å². The fourth-order valence-electron chi connectivity index (χ4n) is 2.31. The number of hydrogen-bond donors (Lipinski definition) is 2. The van der Waals surface area contributed by atoms with Crippen molar-refractivity contribution in [1.29, 1.82) is 0 Å². The molecule has 0 saturated carbocycles. The van der Waals surface area contributed by atoms with E-state index in [0.29, 0.717) is 12.1 Å². The van der Waals surface area contributed by atoms with E-state index < -0.39 is 50.0 Å². The SMILES string of the molecule is Cn1nc(C(F)(F)F)cc1B(OC[C@H](O)CO)c1cc(C(F)(F)F)nn1C. The fourth-order valence-corrected chi connectivity index (χ4v) is 2.31. The van der Waals surface area contributed by atoms with Crippen LogP contribution in [-0.2, 0) is 31.1 Å². The van der Waals surface area contributed by atoms with Crippen LogP contribution in [0, 0.1) is 0 Å². The lowest BCUT2D eigenvalue weighted by molar-refractivity contribution is -0.142. The van der Waals surface area contributed by atoms with E-state index in [9.17, 15) is 31.4 Å². The highest BCUT2D eigenvalue weighted by atomic mass is 19.4. The van der Waals surface area contributed by atoms with Crippen LogP contribution in [0.4, 0.5) is 26.3 Å². The number of aromatic nitrogens is 4. The van der Waals surface area contributed by atoms with Gasteiger partial charge in [-0.3, -0.25) is 9.36 Å². The summed E-state index contributed by atoms with van der Waals surface area (Å²) in [5.74, 6) is 0. The average molecular weight is 400 g/mol. The van der Waals surface area contributed by atoms with Crippen molar-refractivity contribution < 1.29 is 41.2 Å². The second-order valence-corrected chi connectivity index (χ2v) is 5.70. The molecule has 2 aromatic rings. The molecule has 2 aromatic heterocycles. The van der Waals surface area contributed by atoms with E-state index >= 15 is 0 Å². The van der Waals surface area contributed by atoms with Crippen LogP contribution >= 0.6 is 0 Å². The van der Waals surface area contributed by atoms with E-state index in [1.165, 1.54) is 14.1 Å². The Bertz CT molecular complexity index is 730. The van der Waals surface area contributed by atoms with Gasteiger partial charge in [0.05, 0.1) is 19.3 Å². The molecule has 1 atom stereocenters. The summed E-state index contributed by atoms with van der Waals surface area (Å²) in [5.41, 5.74) is -2.92. The molecule has 2 N–H and O–H groups in total. The van der Waals surface area contributed by atoms with Crippen molar-refractivity contribution in [2.75, 3.05) is 13.2 Å². The maximum Gasteiger partial charge on any atom is 0.435 e. The summed E-state index contributed by atoms with van der Waals surface area (Å²) in [5, 5.41) is 24.9. The number of alkyl halides is 6. The lowest BCUT2D eigenvalue weighted by Crippen LogP contribution is -2.52. The van der Waals surface area contributed by atoms with E-state index in [-0.39, 0.29) is 11.2 Å². The standard InChI is InChI=1S/C13H15BF6N4O3/c1-23-10(3-8(21-23)12(15,16)17)14(27-6-7(26)5-25)11-4-9(13(18,19)20)22-24(11)2/h3-4,7,25-26H,5-6H2,1-2H3/t7-/m1/s1. The topological polar surface area (TPSA) is 85.3 Å². The van der Waals surface area contributed by atoms with Crippen LogP contribution in [0.5, 0.6) is 0 Å². The maximum atomic E-state index is 12.9. The number of aliphatic hydroxyl groups excluding tert-OH is 2. The molecule has 0 amide bonds. The number of hydrogen-bond acceptors (Lipinski definition) is 5. The summed E-state index contributed by atoms with van der Waals surface area (Å²) >= 11 is 0. The molecule has 0 aliphatic heterocycles. The molecule has 2 heterocycles. The maximum absolute atomic E-state index is 12.9. The zero-order chi connectivity index (χ0) is 20.6. The van der Waals surface area contributed by atoms with Gasteiger partial charge in [0.2, 0.25) is 0 Å². The third kappa shape index (κ3) is 4.81. The zero-order valence-electron chi connectivity index (χ0n) is 14.1. The molecular formula is C13H15BF6N4O3. The predicted molar refractivity (Wildman–Crippen MR) is 80.5 cm³/mol. The van der Waals surface area contributed by atoms with Crippen LogP contribution in [0.25, 0.3) is 0 Å². The van der Waals surface area contributed by atoms with Gasteiger partial charge >= 0.3 is 19.3 Å². The summed E-state index contributed by atoms with van der Waals surface area (Å²) in [6, 6.07) is 1.27. The monoisotopic (exact) mass is 400 g/mol. The summed E-state index contributed by atoms with van der Waals surface area (Å²) in [4.78, 5) is 0. The Morgan fingerprint density at radius 3 is 1.70 bits per heavy atom.